The molecule has 10 nitrogen and oxygen atoms in total. The van der Waals surface area contributed by atoms with Gasteiger partial charge >= 0.3 is 5.97 Å². The molecule has 2 aliphatic rings. The zero-order valence-corrected chi connectivity index (χ0v) is 17.5. The molecule has 0 aromatic carbocycles. The molecule has 2 aliphatic heterocycles. The number of nitrogen functional groups attached to an aromatic ring is 1. The molecule has 12 heteroatoms. The van der Waals surface area contributed by atoms with Crippen molar-refractivity contribution in [2.75, 3.05) is 12.3 Å². The smallest absolute Gasteiger partial charge is 0.352 e. The van der Waals surface area contributed by atoms with E-state index in [0.29, 0.717) is 6.61 Å². The quantitative estimate of drug-likeness (QED) is 0.235. The van der Waals surface area contributed by atoms with Crippen molar-refractivity contribution in [2.24, 2.45) is 5.16 Å². The standard InChI is InChI=1S/C17H21N5O5S2/c1-3-4-5-27-21-11(9-7-28-17(18)19-9)13(23)20-12-14(24)22-10(16(25)26)6-8(2)29-15(12)22/h6-8,12,15H,3-5H2,1-2H3,(H2,18,19)(H,20,23)(H,25,26)/t8?,12?,15-/m0/s1. The summed E-state index contributed by atoms with van der Waals surface area (Å²) >= 11 is 2.55. The third-order valence-electron chi connectivity index (χ3n) is 4.28. The Morgan fingerprint density at radius 1 is 1.48 bits per heavy atom. The molecule has 1 aromatic heterocycles. The van der Waals surface area contributed by atoms with Gasteiger partial charge in [-0.25, -0.2) is 9.78 Å². The summed E-state index contributed by atoms with van der Waals surface area (Å²) in [5.74, 6) is -2.30. The summed E-state index contributed by atoms with van der Waals surface area (Å²) in [6.45, 7) is 4.17. The first-order valence-electron chi connectivity index (χ1n) is 8.99. The van der Waals surface area contributed by atoms with E-state index >= 15 is 0 Å². The van der Waals surface area contributed by atoms with Gasteiger partial charge in [-0.05, 0) is 19.4 Å². The first kappa shape index (κ1) is 21.1. The highest BCUT2D eigenvalue weighted by Gasteiger charge is 2.54. The third-order valence-corrected chi connectivity index (χ3v) is 6.28. The molecule has 156 valence electrons. The van der Waals surface area contributed by atoms with Gasteiger partial charge in [-0.3, -0.25) is 14.5 Å². The number of anilines is 1. The van der Waals surface area contributed by atoms with Crippen molar-refractivity contribution in [3.63, 3.8) is 0 Å². The summed E-state index contributed by atoms with van der Waals surface area (Å²) in [7, 11) is 0. The van der Waals surface area contributed by atoms with Crippen molar-refractivity contribution >= 4 is 51.7 Å². The minimum Gasteiger partial charge on any atom is -0.477 e. The molecule has 2 unspecified atom stereocenters. The van der Waals surface area contributed by atoms with Crippen LogP contribution in [0.4, 0.5) is 5.13 Å². The van der Waals surface area contributed by atoms with Crippen LogP contribution in [-0.2, 0) is 19.2 Å². The number of nitrogens with zero attached hydrogens (tertiary/aromatic N) is 3. The van der Waals surface area contributed by atoms with E-state index in [1.54, 1.807) is 5.38 Å². The van der Waals surface area contributed by atoms with Gasteiger partial charge in [-0.1, -0.05) is 18.5 Å². The summed E-state index contributed by atoms with van der Waals surface area (Å²) in [6.07, 6.45) is 3.20. The second-order valence-electron chi connectivity index (χ2n) is 6.45. The maximum absolute atomic E-state index is 12.8. The number of rotatable bonds is 8. The Morgan fingerprint density at radius 2 is 2.24 bits per heavy atom. The Labute approximate surface area is 175 Å². The number of nitrogens with two attached hydrogens (primary N) is 1. The average Bonchev–Trinajstić information content (AvgIpc) is 3.11. The minimum absolute atomic E-state index is 0.0687. The van der Waals surface area contributed by atoms with Crippen LogP contribution in [0.15, 0.2) is 22.3 Å². The molecule has 2 amide bonds. The maximum Gasteiger partial charge on any atom is 0.352 e. The first-order chi connectivity index (χ1) is 13.8. The van der Waals surface area contributed by atoms with Crippen LogP contribution in [0.25, 0.3) is 0 Å². The lowest BCUT2D eigenvalue weighted by molar-refractivity contribution is -0.150. The van der Waals surface area contributed by atoms with E-state index in [1.165, 1.54) is 22.7 Å². The topological polar surface area (TPSA) is 147 Å². The zero-order valence-electron chi connectivity index (χ0n) is 15.8. The van der Waals surface area contributed by atoms with Gasteiger partial charge in [0, 0.05) is 10.6 Å². The van der Waals surface area contributed by atoms with E-state index in [9.17, 15) is 19.5 Å². The van der Waals surface area contributed by atoms with E-state index in [-0.39, 0.29) is 27.5 Å². The molecule has 3 atom stereocenters. The third kappa shape index (κ3) is 4.37. The molecule has 29 heavy (non-hydrogen) atoms. The Kier molecular flexibility index (Phi) is 6.42. The molecule has 0 saturated carbocycles. The lowest BCUT2D eigenvalue weighted by atomic mass is 10.0. The van der Waals surface area contributed by atoms with Crippen LogP contribution < -0.4 is 11.1 Å². The Morgan fingerprint density at radius 3 is 2.86 bits per heavy atom. The molecule has 3 rings (SSSR count). The van der Waals surface area contributed by atoms with Crippen LogP contribution in [0.5, 0.6) is 0 Å². The molecular weight excluding hydrogens is 418 g/mol. The summed E-state index contributed by atoms with van der Waals surface area (Å²) in [5.41, 5.74) is 5.76. The molecule has 0 radical (unpaired) electrons. The van der Waals surface area contributed by atoms with Gasteiger partial charge in [0.05, 0.1) is 0 Å². The van der Waals surface area contributed by atoms with Gasteiger partial charge in [0.2, 0.25) is 0 Å². The van der Waals surface area contributed by atoms with E-state index < -0.39 is 29.2 Å². The molecule has 1 aromatic rings. The number of aliphatic carboxylic acids is 1. The van der Waals surface area contributed by atoms with Crippen molar-refractivity contribution in [1.82, 2.24) is 15.2 Å². The number of β-lactam (4-membered cyclic amide) rings is 1. The van der Waals surface area contributed by atoms with E-state index in [1.807, 2.05) is 13.8 Å². The van der Waals surface area contributed by atoms with Gasteiger partial charge in [-0.2, -0.15) is 0 Å². The normalized spacial score (nSPS) is 23.7. The number of thioether (sulfide) groups is 1. The Bertz CT molecular complexity index is 883. The number of hydrogen-bond acceptors (Lipinski definition) is 9. The molecule has 3 heterocycles. The van der Waals surface area contributed by atoms with E-state index in [2.05, 4.69) is 15.5 Å². The van der Waals surface area contributed by atoms with Crippen molar-refractivity contribution in [3.8, 4) is 0 Å². The minimum atomic E-state index is -1.18. The number of nitrogens with one attached hydrogen (secondary N) is 1. The van der Waals surface area contributed by atoms with Crippen molar-refractivity contribution in [2.45, 2.75) is 43.4 Å². The molecular formula is C17H21N5O5S2. The second-order valence-corrected chi connectivity index (χ2v) is 8.83. The molecule has 1 saturated heterocycles. The van der Waals surface area contributed by atoms with Gasteiger partial charge in [0.15, 0.2) is 10.8 Å². The fourth-order valence-electron chi connectivity index (χ4n) is 2.86. The summed E-state index contributed by atoms with van der Waals surface area (Å²) < 4.78 is 0. The maximum atomic E-state index is 12.8. The zero-order chi connectivity index (χ0) is 21.1. The SMILES string of the molecule is CCCCON=C(C(=O)NC1C(=O)N2C(C(=O)O)=CC(C)S[C@@H]12)c1csc(N)n1. The number of unbranched alkanes of at least 4 members (excludes halogenated alkanes) is 1. The van der Waals surface area contributed by atoms with Crippen molar-refractivity contribution in [3.05, 3.63) is 22.8 Å². The van der Waals surface area contributed by atoms with Crippen molar-refractivity contribution in [1.29, 1.82) is 0 Å². The number of carbonyl (C=O) groups is 3. The van der Waals surface area contributed by atoms with Gasteiger partial charge in [0.25, 0.3) is 11.8 Å². The first-order valence-corrected chi connectivity index (χ1v) is 10.8. The molecule has 0 aliphatic carbocycles. The number of oxime groups is 1. The Balaban J connectivity index is 1.75. The number of carboxylic acids is 1. The van der Waals surface area contributed by atoms with Crippen LogP contribution in [-0.4, -0.2) is 61.8 Å². The Hall–Kier alpha value is -2.60. The van der Waals surface area contributed by atoms with Crippen LogP contribution in [0.3, 0.4) is 0 Å². The van der Waals surface area contributed by atoms with Crippen LogP contribution in [0, 0.1) is 0 Å². The number of hydrogen-bond donors (Lipinski definition) is 3. The molecule has 0 bridgehead atoms. The van der Waals surface area contributed by atoms with Crippen molar-refractivity contribution < 1.29 is 24.3 Å². The largest absolute Gasteiger partial charge is 0.477 e. The fraction of sp³-hybridized carbons (Fsp3) is 0.471. The molecule has 0 spiro atoms. The van der Waals surface area contributed by atoms with E-state index in [0.717, 1.165) is 24.2 Å². The monoisotopic (exact) mass is 439 g/mol. The number of amides is 2. The fourth-order valence-corrected chi connectivity index (χ4v) is 4.73. The highest BCUT2D eigenvalue weighted by molar-refractivity contribution is 8.00. The highest BCUT2D eigenvalue weighted by atomic mass is 32.2. The predicted octanol–water partition coefficient (Wildman–Crippen LogP) is 1.00. The summed E-state index contributed by atoms with van der Waals surface area (Å²) in [5, 5.41) is 17.1. The van der Waals surface area contributed by atoms with E-state index in [4.69, 9.17) is 10.6 Å². The number of fused-ring (bicyclic) bond motifs is 1. The lowest BCUT2D eigenvalue weighted by Gasteiger charge is -2.49. The van der Waals surface area contributed by atoms with Crippen LogP contribution in [0.1, 0.15) is 32.4 Å². The van der Waals surface area contributed by atoms with Crippen LogP contribution in [0.2, 0.25) is 0 Å². The summed E-state index contributed by atoms with van der Waals surface area (Å²) in [6, 6.07) is -0.866. The number of carbonyl (C=O) groups excluding carboxylic acids is 2. The predicted molar refractivity (Wildman–Crippen MR) is 109 cm³/mol. The van der Waals surface area contributed by atoms with Gasteiger partial charge < -0.3 is 21.0 Å². The number of aromatic nitrogens is 1. The van der Waals surface area contributed by atoms with Crippen LogP contribution >= 0.6 is 23.1 Å². The summed E-state index contributed by atoms with van der Waals surface area (Å²) in [4.78, 5) is 47.2. The number of thiazole rings is 1. The van der Waals surface area contributed by atoms with Gasteiger partial charge in [-0.15, -0.1) is 23.1 Å². The number of carboxylic acid groups (broad SMARTS) is 1. The lowest BCUT2D eigenvalue weighted by Crippen LogP contribution is -2.71. The second kappa shape index (κ2) is 8.82. The highest BCUT2D eigenvalue weighted by Crippen LogP contribution is 2.40. The average molecular weight is 440 g/mol. The molecule has 4 N–H and O–H groups in total. The van der Waals surface area contributed by atoms with Gasteiger partial charge in [0.1, 0.15) is 29.4 Å². The molecule has 1 fully saturated rings.